The predicted octanol–water partition coefficient (Wildman–Crippen LogP) is 2.43. The van der Waals surface area contributed by atoms with Crippen LogP contribution in [0.1, 0.15) is 5.56 Å². The molecule has 1 aromatic carbocycles. The second kappa shape index (κ2) is 8.13. The van der Waals surface area contributed by atoms with Crippen LogP contribution in [0.25, 0.3) is 5.95 Å². The van der Waals surface area contributed by atoms with E-state index in [2.05, 4.69) is 29.5 Å². The van der Waals surface area contributed by atoms with Crippen molar-refractivity contribution >= 4 is 27.3 Å². The van der Waals surface area contributed by atoms with Crippen molar-refractivity contribution in [3.63, 3.8) is 0 Å². The van der Waals surface area contributed by atoms with E-state index in [9.17, 15) is 17.2 Å². The van der Waals surface area contributed by atoms with Crippen LogP contribution in [0.3, 0.4) is 0 Å². The number of nitrogens with one attached hydrogen (secondary N) is 1. The van der Waals surface area contributed by atoms with Gasteiger partial charge in [0.15, 0.2) is 0 Å². The summed E-state index contributed by atoms with van der Waals surface area (Å²) in [6, 6.07) is 5.52. The molecule has 0 aliphatic heterocycles. The second-order valence-electron chi connectivity index (χ2n) is 5.44. The standard InChI is InChI=1S/C15H13ClF2N6O4S/c1-8-4-3-5-9(28-13(17)18)12(8)23-29(25,26)15-19-7-24(22-15)14-20-10(16)6-11(21-14)27-2/h3-7,13,23H,1-2H3. The topological polar surface area (TPSA) is 121 Å². The van der Waals surface area contributed by atoms with Gasteiger partial charge < -0.3 is 9.47 Å². The number of methoxy groups -OCH3 is 1. The van der Waals surface area contributed by atoms with Crippen molar-refractivity contribution in [3.05, 3.63) is 41.3 Å². The molecule has 0 atom stereocenters. The summed E-state index contributed by atoms with van der Waals surface area (Å²) in [6.45, 7) is -1.61. The number of hydrogen-bond donors (Lipinski definition) is 1. The van der Waals surface area contributed by atoms with E-state index in [4.69, 9.17) is 16.3 Å². The van der Waals surface area contributed by atoms with Crippen LogP contribution >= 0.6 is 11.6 Å². The second-order valence-corrected chi connectivity index (χ2v) is 7.40. The molecular formula is C15H13ClF2N6O4S. The number of ether oxygens (including phenoxy) is 2. The highest BCUT2D eigenvalue weighted by Crippen LogP contribution is 2.31. The molecule has 0 aliphatic carbocycles. The molecule has 0 unspecified atom stereocenters. The maximum atomic E-state index is 12.6. The number of aromatic nitrogens is 5. The largest absolute Gasteiger partial charge is 0.481 e. The molecule has 2 heterocycles. The first kappa shape index (κ1) is 20.7. The Kier molecular flexibility index (Phi) is 5.79. The Labute approximate surface area is 168 Å². The summed E-state index contributed by atoms with van der Waals surface area (Å²) in [5.41, 5.74) is 0.193. The van der Waals surface area contributed by atoms with Crippen LogP contribution in [0.5, 0.6) is 11.6 Å². The number of para-hydroxylation sites is 1. The summed E-state index contributed by atoms with van der Waals surface area (Å²) in [6.07, 6.45) is 1.05. The average Bonchev–Trinajstić information content (AvgIpc) is 3.15. The van der Waals surface area contributed by atoms with Gasteiger partial charge in [-0.15, -0.1) is 5.10 Å². The summed E-state index contributed by atoms with van der Waals surface area (Å²) in [4.78, 5) is 11.6. The van der Waals surface area contributed by atoms with E-state index in [1.165, 1.54) is 38.3 Å². The number of halogens is 3. The van der Waals surface area contributed by atoms with Crippen molar-refractivity contribution in [1.82, 2.24) is 24.7 Å². The van der Waals surface area contributed by atoms with Gasteiger partial charge in [-0.05, 0) is 18.6 Å². The summed E-state index contributed by atoms with van der Waals surface area (Å²) in [5, 5.41) is 3.21. The van der Waals surface area contributed by atoms with Crippen LogP contribution in [0, 0.1) is 6.92 Å². The van der Waals surface area contributed by atoms with E-state index in [0.29, 0.717) is 5.56 Å². The summed E-state index contributed by atoms with van der Waals surface area (Å²) in [5.74, 6) is -0.293. The molecule has 3 rings (SSSR count). The zero-order chi connectivity index (χ0) is 21.2. The van der Waals surface area contributed by atoms with Gasteiger partial charge in [0, 0.05) is 6.07 Å². The SMILES string of the molecule is COc1cc(Cl)nc(-n2cnc(S(=O)(=O)Nc3c(C)cccc3OC(F)F)n2)n1. The fraction of sp³-hybridized carbons (Fsp3) is 0.200. The molecule has 3 aromatic rings. The van der Waals surface area contributed by atoms with Gasteiger partial charge in [-0.1, -0.05) is 23.7 Å². The fourth-order valence-corrected chi connectivity index (χ4v) is 3.38. The molecule has 0 bridgehead atoms. The van der Waals surface area contributed by atoms with Gasteiger partial charge in [0.1, 0.15) is 17.2 Å². The lowest BCUT2D eigenvalue weighted by atomic mass is 10.2. The van der Waals surface area contributed by atoms with E-state index in [1.807, 2.05) is 0 Å². The minimum atomic E-state index is -4.34. The van der Waals surface area contributed by atoms with Crippen LogP contribution in [0.15, 0.2) is 35.7 Å². The minimum Gasteiger partial charge on any atom is -0.481 e. The number of alkyl halides is 2. The Morgan fingerprint density at radius 2 is 2.03 bits per heavy atom. The van der Waals surface area contributed by atoms with Gasteiger partial charge in [0.25, 0.3) is 21.1 Å². The molecule has 14 heteroatoms. The van der Waals surface area contributed by atoms with Crippen molar-refractivity contribution in [2.45, 2.75) is 18.7 Å². The molecule has 154 valence electrons. The number of rotatable bonds is 7. The number of hydrogen-bond acceptors (Lipinski definition) is 8. The van der Waals surface area contributed by atoms with Gasteiger partial charge in [0.2, 0.25) is 5.88 Å². The number of aryl methyl sites for hydroxylation is 1. The molecule has 0 spiro atoms. The number of nitrogens with zero attached hydrogens (tertiary/aromatic N) is 5. The van der Waals surface area contributed by atoms with Gasteiger partial charge >= 0.3 is 6.61 Å². The zero-order valence-electron chi connectivity index (χ0n) is 14.9. The molecule has 2 aromatic heterocycles. The van der Waals surface area contributed by atoms with Crippen LogP contribution in [0.4, 0.5) is 14.5 Å². The predicted molar refractivity (Wildman–Crippen MR) is 97.1 cm³/mol. The Morgan fingerprint density at radius 1 is 1.28 bits per heavy atom. The first-order valence-electron chi connectivity index (χ1n) is 7.77. The van der Waals surface area contributed by atoms with E-state index < -0.39 is 21.8 Å². The van der Waals surface area contributed by atoms with Crippen LogP contribution < -0.4 is 14.2 Å². The normalized spacial score (nSPS) is 11.5. The molecular weight excluding hydrogens is 434 g/mol. The van der Waals surface area contributed by atoms with E-state index in [1.54, 1.807) is 0 Å². The molecule has 0 saturated heterocycles. The van der Waals surface area contributed by atoms with Crippen molar-refractivity contribution in [3.8, 4) is 17.6 Å². The van der Waals surface area contributed by atoms with Crippen molar-refractivity contribution < 1.29 is 26.7 Å². The highest BCUT2D eigenvalue weighted by molar-refractivity contribution is 7.92. The fourth-order valence-electron chi connectivity index (χ4n) is 2.21. The third-order valence-electron chi connectivity index (χ3n) is 3.47. The Morgan fingerprint density at radius 3 is 2.72 bits per heavy atom. The third-order valence-corrected chi connectivity index (χ3v) is 4.81. The van der Waals surface area contributed by atoms with Gasteiger partial charge in [0.05, 0.1) is 12.8 Å². The molecule has 0 fully saturated rings. The Bertz CT molecular complexity index is 1140. The lowest BCUT2D eigenvalue weighted by Gasteiger charge is -2.14. The minimum absolute atomic E-state index is 0.0404. The quantitative estimate of drug-likeness (QED) is 0.549. The highest BCUT2D eigenvalue weighted by Gasteiger charge is 2.24. The molecule has 1 N–H and O–H groups in total. The summed E-state index contributed by atoms with van der Waals surface area (Å²) < 4.78 is 63.0. The Balaban J connectivity index is 1.94. The van der Waals surface area contributed by atoms with Gasteiger partial charge in [-0.3, -0.25) is 4.72 Å². The number of sulfonamides is 1. The summed E-state index contributed by atoms with van der Waals surface area (Å²) in [7, 11) is -2.98. The smallest absolute Gasteiger partial charge is 0.387 e. The van der Waals surface area contributed by atoms with Crippen LogP contribution in [0.2, 0.25) is 5.15 Å². The van der Waals surface area contributed by atoms with E-state index in [-0.39, 0.29) is 28.4 Å². The van der Waals surface area contributed by atoms with Gasteiger partial charge in [-0.2, -0.15) is 31.8 Å². The first-order chi connectivity index (χ1) is 13.7. The van der Waals surface area contributed by atoms with Crippen LogP contribution in [-0.2, 0) is 10.0 Å². The van der Waals surface area contributed by atoms with Crippen molar-refractivity contribution in [2.75, 3.05) is 11.8 Å². The monoisotopic (exact) mass is 446 g/mol. The maximum absolute atomic E-state index is 12.6. The maximum Gasteiger partial charge on any atom is 0.387 e. The zero-order valence-corrected chi connectivity index (χ0v) is 16.4. The van der Waals surface area contributed by atoms with Crippen molar-refractivity contribution in [2.24, 2.45) is 0 Å². The molecule has 0 saturated carbocycles. The number of anilines is 1. The van der Waals surface area contributed by atoms with E-state index >= 15 is 0 Å². The number of benzene rings is 1. The van der Waals surface area contributed by atoms with E-state index in [0.717, 1.165) is 11.0 Å². The summed E-state index contributed by atoms with van der Waals surface area (Å²) >= 11 is 5.86. The average molecular weight is 447 g/mol. The third kappa shape index (κ3) is 4.68. The molecule has 0 radical (unpaired) electrons. The lowest BCUT2D eigenvalue weighted by molar-refractivity contribution is -0.0493. The molecule has 0 aliphatic rings. The molecule has 29 heavy (non-hydrogen) atoms. The van der Waals surface area contributed by atoms with Crippen molar-refractivity contribution in [1.29, 1.82) is 0 Å². The molecule has 0 amide bonds. The Hall–Kier alpha value is -3.06. The lowest BCUT2D eigenvalue weighted by Crippen LogP contribution is -2.17. The highest BCUT2D eigenvalue weighted by atomic mass is 35.5. The van der Waals surface area contributed by atoms with Crippen LogP contribution in [-0.4, -0.2) is 46.9 Å². The molecule has 10 nitrogen and oxygen atoms in total. The van der Waals surface area contributed by atoms with Gasteiger partial charge in [-0.25, -0.2) is 4.98 Å². The first-order valence-corrected chi connectivity index (χ1v) is 9.63.